The Morgan fingerprint density at radius 3 is 2.17 bits per heavy atom. The van der Waals surface area contributed by atoms with E-state index in [0.717, 1.165) is 21.7 Å². The van der Waals surface area contributed by atoms with Gasteiger partial charge in [0.05, 0.1) is 23.7 Å². The van der Waals surface area contributed by atoms with Crippen LogP contribution < -0.4 is 9.47 Å². The fourth-order valence-corrected chi connectivity index (χ4v) is 3.60. The van der Waals surface area contributed by atoms with Gasteiger partial charge in [0.25, 0.3) is 0 Å². The summed E-state index contributed by atoms with van der Waals surface area (Å²) < 4.78 is 11.1. The number of carbonyl (C=O) groups is 1. The molecule has 0 aliphatic heterocycles. The van der Waals surface area contributed by atoms with Gasteiger partial charge in [0.1, 0.15) is 11.5 Å². The number of carbonyl (C=O) groups excluding carboxylic acids is 1. The van der Waals surface area contributed by atoms with Crippen LogP contribution in [0.4, 0.5) is 0 Å². The van der Waals surface area contributed by atoms with Gasteiger partial charge in [-0.05, 0) is 53.2 Å². The van der Waals surface area contributed by atoms with E-state index in [9.17, 15) is 4.79 Å². The van der Waals surface area contributed by atoms with Crippen LogP contribution in [0.15, 0.2) is 84.9 Å². The summed E-state index contributed by atoms with van der Waals surface area (Å²) in [6.07, 6.45) is 0. The van der Waals surface area contributed by atoms with Crippen molar-refractivity contribution < 1.29 is 14.3 Å². The van der Waals surface area contributed by atoms with Crippen LogP contribution in [-0.2, 0) is 0 Å². The SMILES string of the molecule is COc1ccc2nc3cc4ccccc4cc3c(C(=O)Oc3ccccc3)c2c1. The summed E-state index contributed by atoms with van der Waals surface area (Å²) in [7, 11) is 1.60. The molecule has 4 nitrogen and oxygen atoms in total. The molecular formula is C25H17NO3. The first kappa shape index (κ1) is 17.2. The van der Waals surface area contributed by atoms with Crippen LogP contribution in [0, 0.1) is 0 Å². The molecule has 0 atom stereocenters. The van der Waals surface area contributed by atoms with Gasteiger partial charge in [-0.2, -0.15) is 0 Å². The lowest BCUT2D eigenvalue weighted by atomic mass is 9.99. The number of benzene rings is 4. The van der Waals surface area contributed by atoms with E-state index in [0.29, 0.717) is 28.0 Å². The van der Waals surface area contributed by atoms with E-state index < -0.39 is 5.97 Å². The molecule has 1 heterocycles. The highest BCUT2D eigenvalue weighted by Gasteiger charge is 2.19. The van der Waals surface area contributed by atoms with Crippen LogP contribution in [0.3, 0.4) is 0 Å². The number of pyridine rings is 1. The Hall–Kier alpha value is -3.92. The maximum atomic E-state index is 13.3. The zero-order chi connectivity index (χ0) is 19.8. The minimum Gasteiger partial charge on any atom is -0.497 e. The first-order chi connectivity index (χ1) is 14.2. The minimum atomic E-state index is -0.419. The van der Waals surface area contributed by atoms with Gasteiger partial charge in [-0.1, -0.05) is 42.5 Å². The van der Waals surface area contributed by atoms with Gasteiger partial charge in [-0.15, -0.1) is 0 Å². The zero-order valence-corrected chi connectivity index (χ0v) is 15.8. The van der Waals surface area contributed by atoms with Crippen LogP contribution in [0.5, 0.6) is 11.5 Å². The third kappa shape index (κ3) is 3.05. The Kier molecular flexibility index (Phi) is 4.10. The van der Waals surface area contributed by atoms with E-state index in [1.807, 2.05) is 72.8 Å². The molecular weight excluding hydrogens is 362 g/mol. The van der Waals surface area contributed by atoms with Crippen LogP contribution in [0.25, 0.3) is 32.6 Å². The van der Waals surface area contributed by atoms with Gasteiger partial charge in [0, 0.05) is 10.8 Å². The van der Waals surface area contributed by atoms with Crippen LogP contribution in [-0.4, -0.2) is 18.1 Å². The van der Waals surface area contributed by atoms with E-state index in [4.69, 9.17) is 14.5 Å². The molecule has 0 aliphatic rings. The summed E-state index contributed by atoms with van der Waals surface area (Å²) in [6, 6.07) is 26.7. The van der Waals surface area contributed by atoms with E-state index in [1.54, 1.807) is 19.2 Å². The third-order valence-corrected chi connectivity index (χ3v) is 5.01. The van der Waals surface area contributed by atoms with Crippen molar-refractivity contribution >= 4 is 38.5 Å². The van der Waals surface area contributed by atoms with E-state index >= 15 is 0 Å². The average molecular weight is 379 g/mol. The number of rotatable bonds is 3. The van der Waals surface area contributed by atoms with Crippen molar-refractivity contribution in [3.05, 3.63) is 90.5 Å². The Balaban J connectivity index is 1.82. The molecule has 140 valence electrons. The Bertz CT molecular complexity index is 1380. The van der Waals surface area contributed by atoms with Gasteiger partial charge in [-0.3, -0.25) is 0 Å². The second-order valence-electron chi connectivity index (χ2n) is 6.79. The molecule has 5 aromatic rings. The maximum absolute atomic E-state index is 13.3. The lowest BCUT2D eigenvalue weighted by molar-refractivity contribution is 0.0739. The summed E-state index contributed by atoms with van der Waals surface area (Å²) >= 11 is 0. The molecule has 1 aromatic heterocycles. The second-order valence-corrected chi connectivity index (χ2v) is 6.79. The molecule has 0 saturated heterocycles. The molecule has 0 amide bonds. The van der Waals surface area contributed by atoms with Gasteiger partial charge in [-0.25, -0.2) is 9.78 Å². The van der Waals surface area contributed by atoms with Crippen molar-refractivity contribution in [2.24, 2.45) is 0 Å². The van der Waals surface area contributed by atoms with E-state index in [2.05, 4.69) is 0 Å². The van der Waals surface area contributed by atoms with Crippen molar-refractivity contribution in [1.29, 1.82) is 0 Å². The first-order valence-corrected chi connectivity index (χ1v) is 9.30. The predicted molar refractivity (Wildman–Crippen MR) is 115 cm³/mol. The topological polar surface area (TPSA) is 48.4 Å². The third-order valence-electron chi connectivity index (χ3n) is 5.01. The highest BCUT2D eigenvalue weighted by atomic mass is 16.5. The lowest BCUT2D eigenvalue weighted by Crippen LogP contribution is -2.10. The van der Waals surface area contributed by atoms with Gasteiger partial charge >= 0.3 is 5.97 Å². The van der Waals surface area contributed by atoms with Crippen molar-refractivity contribution in [3.63, 3.8) is 0 Å². The number of aromatic nitrogens is 1. The van der Waals surface area contributed by atoms with Crippen LogP contribution in [0.2, 0.25) is 0 Å². The first-order valence-electron chi connectivity index (χ1n) is 9.30. The average Bonchev–Trinajstić information content (AvgIpc) is 2.76. The molecule has 0 radical (unpaired) electrons. The number of fused-ring (bicyclic) bond motifs is 3. The molecule has 0 fully saturated rings. The summed E-state index contributed by atoms with van der Waals surface area (Å²) in [5.74, 6) is 0.740. The summed E-state index contributed by atoms with van der Waals surface area (Å²) in [4.78, 5) is 18.1. The van der Waals surface area contributed by atoms with Gasteiger partial charge in [0.2, 0.25) is 0 Å². The highest BCUT2D eigenvalue weighted by Crippen LogP contribution is 2.32. The van der Waals surface area contributed by atoms with Crippen molar-refractivity contribution in [1.82, 2.24) is 4.98 Å². The molecule has 0 unspecified atom stereocenters. The Morgan fingerprint density at radius 1 is 0.724 bits per heavy atom. The van der Waals surface area contributed by atoms with E-state index in [-0.39, 0.29) is 0 Å². The quantitative estimate of drug-likeness (QED) is 0.227. The lowest BCUT2D eigenvalue weighted by Gasteiger charge is -2.12. The second kappa shape index (κ2) is 6.91. The van der Waals surface area contributed by atoms with Crippen LogP contribution >= 0.6 is 0 Å². The van der Waals surface area contributed by atoms with Crippen molar-refractivity contribution in [3.8, 4) is 11.5 Å². The van der Waals surface area contributed by atoms with Crippen molar-refractivity contribution in [2.75, 3.05) is 7.11 Å². The number of esters is 1. The number of hydrogen-bond acceptors (Lipinski definition) is 4. The fraction of sp³-hybridized carbons (Fsp3) is 0.0400. The maximum Gasteiger partial charge on any atom is 0.344 e. The largest absolute Gasteiger partial charge is 0.497 e. The monoisotopic (exact) mass is 379 g/mol. The number of ether oxygens (including phenoxy) is 2. The van der Waals surface area contributed by atoms with Crippen molar-refractivity contribution in [2.45, 2.75) is 0 Å². The smallest absolute Gasteiger partial charge is 0.344 e. The number of nitrogens with zero attached hydrogens (tertiary/aromatic N) is 1. The normalized spacial score (nSPS) is 11.1. The summed E-state index contributed by atoms with van der Waals surface area (Å²) in [5.41, 5.74) is 1.95. The minimum absolute atomic E-state index is 0.419. The zero-order valence-electron chi connectivity index (χ0n) is 15.8. The molecule has 0 spiro atoms. The number of methoxy groups -OCH3 is 1. The molecule has 0 bridgehead atoms. The Labute approximate surface area is 167 Å². The molecule has 4 aromatic carbocycles. The summed E-state index contributed by atoms with van der Waals surface area (Å²) in [5, 5.41) is 3.57. The number of hydrogen-bond donors (Lipinski definition) is 0. The molecule has 0 saturated carbocycles. The highest BCUT2D eigenvalue weighted by molar-refractivity contribution is 6.17. The number of para-hydroxylation sites is 1. The summed E-state index contributed by atoms with van der Waals surface area (Å²) in [6.45, 7) is 0. The van der Waals surface area contributed by atoms with Gasteiger partial charge < -0.3 is 9.47 Å². The molecule has 0 N–H and O–H groups in total. The molecule has 5 rings (SSSR count). The van der Waals surface area contributed by atoms with Gasteiger partial charge in [0.15, 0.2) is 0 Å². The van der Waals surface area contributed by atoms with E-state index in [1.165, 1.54) is 0 Å². The predicted octanol–water partition coefficient (Wildman–Crippen LogP) is 5.77. The molecule has 29 heavy (non-hydrogen) atoms. The standard InChI is InChI=1S/C25H17NO3/c1-28-19-11-12-22-21(15-19)24(25(27)29-18-9-3-2-4-10-18)20-13-16-7-5-6-8-17(16)14-23(20)26-22/h2-15H,1H3. The van der Waals surface area contributed by atoms with Crippen LogP contribution in [0.1, 0.15) is 10.4 Å². The Morgan fingerprint density at radius 2 is 1.41 bits per heavy atom. The molecule has 0 aliphatic carbocycles. The fourth-order valence-electron chi connectivity index (χ4n) is 3.60. The molecule has 4 heteroatoms.